The minimum atomic E-state index is -0.792. The lowest BCUT2D eigenvalue weighted by molar-refractivity contribution is -0.125. The number of amides is 1. The number of benzene rings is 1. The molecule has 0 fully saturated rings. The van der Waals surface area contributed by atoms with Gasteiger partial charge < -0.3 is 20.1 Å². The summed E-state index contributed by atoms with van der Waals surface area (Å²) in [4.78, 5) is 20.0. The zero-order valence-corrected chi connectivity index (χ0v) is 13.6. The first-order valence-electron chi connectivity index (χ1n) is 6.62. The van der Waals surface area contributed by atoms with Gasteiger partial charge in [-0.05, 0) is 18.2 Å². The topological polar surface area (TPSA) is 85.4 Å². The van der Waals surface area contributed by atoms with Crippen molar-refractivity contribution in [1.29, 1.82) is 0 Å². The molecule has 2 heterocycles. The largest absolute Gasteiger partial charge is 0.460 e. The van der Waals surface area contributed by atoms with Gasteiger partial charge in [0, 0.05) is 11.6 Å². The SMILES string of the molecule is COC[C@@H]1Oc2ncnc(Nc3ccc(Br)cc3F)c2NC1=O. The summed E-state index contributed by atoms with van der Waals surface area (Å²) in [6.07, 6.45) is 0.471. The summed E-state index contributed by atoms with van der Waals surface area (Å²) in [6, 6.07) is 4.55. The molecule has 0 aliphatic carbocycles. The van der Waals surface area contributed by atoms with Gasteiger partial charge in [-0.3, -0.25) is 4.79 Å². The molecule has 9 heteroatoms. The lowest BCUT2D eigenvalue weighted by Gasteiger charge is -2.25. The highest BCUT2D eigenvalue weighted by Gasteiger charge is 2.31. The fourth-order valence-corrected chi connectivity index (χ4v) is 2.37. The number of ether oxygens (including phenoxy) is 2. The lowest BCUT2D eigenvalue weighted by Crippen LogP contribution is -2.40. The number of nitrogens with zero attached hydrogens (tertiary/aromatic N) is 2. The number of fused-ring (bicyclic) bond motifs is 1. The van der Waals surface area contributed by atoms with Crippen molar-refractivity contribution in [1.82, 2.24) is 9.97 Å². The molecular weight excluding hydrogens is 371 g/mol. The van der Waals surface area contributed by atoms with Crippen LogP contribution in [0.3, 0.4) is 0 Å². The second-order valence-corrected chi connectivity index (χ2v) is 5.62. The van der Waals surface area contributed by atoms with E-state index in [0.717, 1.165) is 0 Å². The van der Waals surface area contributed by atoms with Crippen molar-refractivity contribution >= 4 is 39.0 Å². The first kappa shape index (κ1) is 15.6. The molecular formula is C14H12BrFN4O3. The maximum atomic E-state index is 13.9. The Morgan fingerprint density at radius 2 is 2.30 bits per heavy atom. The number of carbonyl (C=O) groups is 1. The fraction of sp³-hybridized carbons (Fsp3) is 0.214. The van der Waals surface area contributed by atoms with Crippen LogP contribution in [0.2, 0.25) is 0 Å². The number of hydrogen-bond donors (Lipinski definition) is 2. The molecule has 23 heavy (non-hydrogen) atoms. The molecule has 0 saturated carbocycles. The molecule has 2 N–H and O–H groups in total. The molecule has 7 nitrogen and oxygen atoms in total. The second kappa shape index (κ2) is 6.47. The van der Waals surface area contributed by atoms with E-state index in [2.05, 4.69) is 36.5 Å². The molecule has 1 aliphatic rings. The standard InChI is InChI=1S/C14H12BrFN4O3/c1-22-5-10-13(21)20-11-12(17-6-18-14(11)23-10)19-9-3-2-7(15)4-8(9)16/h2-4,6,10H,5H2,1H3,(H,20,21)(H,17,18,19)/t10-/m0/s1. The summed E-state index contributed by atoms with van der Waals surface area (Å²) in [7, 11) is 1.47. The lowest BCUT2D eigenvalue weighted by atomic mass is 10.2. The van der Waals surface area contributed by atoms with Gasteiger partial charge in [0.05, 0.1) is 12.3 Å². The van der Waals surface area contributed by atoms with Gasteiger partial charge in [0.2, 0.25) is 12.0 Å². The molecule has 0 bridgehead atoms. The van der Waals surface area contributed by atoms with Crippen molar-refractivity contribution in [2.75, 3.05) is 24.4 Å². The van der Waals surface area contributed by atoms with E-state index in [-0.39, 0.29) is 35.6 Å². The van der Waals surface area contributed by atoms with Gasteiger partial charge in [-0.15, -0.1) is 0 Å². The highest BCUT2D eigenvalue weighted by Crippen LogP contribution is 2.35. The van der Waals surface area contributed by atoms with Gasteiger partial charge in [-0.25, -0.2) is 9.37 Å². The number of halogens is 2. The van der Waals surface area contributed by atoms with Gasteiger partial charge in [0.1, 0.15) is 17.8 Å². The van der Waals surface area contributed by atoms with Crippen molar-refractivity contribution in [3.8, 4) is 5.88 Å². The van der Waals surface area contributed by atoms with E-state index in [1.165, 1.54) is 19.5 Å². The van der Waals surface area contributed by atoms with E-state index < -0.39 is 11.9 Å². The van der Waals surface area contributed by atoms with Crippen molar-refractivity contribution in [3.05, 3.63) is 34.8 Å². The van der Waals surface area contributed by atoms with E-state index in [1.54, 1.807) is 12.1 Å². The molecule has 0 spiro atoms. The summed E-state index contributed by atoms with van der Waals surface area (Å²) in [5.74, 6) is -0.414. The molecule has 1 atom stereocenters. The van der Waals surface area contributed by atoms with E-state index in [1.807, 2.05) is 0 Å². The van der Waals surface area contributed by atoms with Crippen LogP contribution >= 0.6 is 15.9 Å². The summed E-state index contributed by atoms with van der Waals surface area (Å²) in [6.45, 7) is 0.0966. The summed E-state index contributed by atoms with van der Waals surface area (Å²) < 4.78 is 25.0. The summed E-state index contributed by atoms with van der Waals surface area (Å²) >= 11 is 3.19. The van der Waals surface area contributed by atoms with Crippen LogP contribution in [0.15, 0.2) is 29.0 Å². The van der Waals surface area contributed by atoms with Crippen LogP contribution in [0, 0.1) is 5.82 Å². The molecule has 3 rings (SSSR count). The van der Waals surface area contributed by atoms with E-state index in [0.29, 0.717) is 4.47 Å². The first-order chi connectivity index (χ1) is 11.1. The maximum absolute atomic E-state index is 13.9. The molecule has 1 amide bonds. The third-order valence-corrected chi connectivity index (χ3v) is 3.60. The van der Waals surface area contributed by atoms with Gasteiger partial charge in [-0.1, -0.05) is 15.9 Å². The molecule has 120 valence electrons. The Hall–Kier alpha value is -2.26. The molecule has 1 aromatic carbocycles. The number of nitrogens with one attached hydrogen (secondary N) is 2. The van der Waals surface area contributed by atoms with E-state index >= 15 is 0 Å². The molecule has 1 aliphatic heterocycles. The van der Waals surface area contributed by atoms with Crippen LogP contribution < -0.4 is 15.4 Å². The monoisotopic (exact) mass is 382 g/mol. The number of methoxy groups -OCH3 is 1. The van der Waals surface area contributed by atoms with Crippen LogP contribution in [-0.2, 0) is 9.53 Å². The fourth-order valence-electron chi connectivity index (χ4n) is 2.04. The maximum Gasteiger partial charge on any atom is 0.268 e. The summed E-state index contributed by atoms with van der Waals surface area (Å²) in [5, 5.41) is 5.47. The van der Waals surface area contributed by atoms with Gasteiger partial charge in [-0.2, -0.15) is 4.98 Å². The molecule has 2 aromatic rings. The molecule has 1 aromatic heterocycles. The Bertz CT molecular complexity index is 759. The van der Waals surface area contributed by atoms with Crippen LogP contribution in [0.4, 0.5) is 21.6 Å². The quantitative estimate of drug-likeness (QED) is 0.844. The van der Waals surface area contributed by atoms with Gasteiger partial charge >= 0.3 is 0 Å². The second-order valence-electron chi connectivity index (χ2n) is 4.70. The Morgan fingerprint density at radius 1 is 1.48 bits per heavy atom. The third kappa shape index (κ3) is 3.25. The Morgan fingerprint density at radius 3 is 3.04 bits per heavy atom. The molecule has 0 unspecified atom stereocenters. The van der Waals surface area contributed by atoms with E-state index in [9.17, 15) is 9.18 Å². The zero-order chi connectivity index (χ0) is 16.4. The number of hydrogen-bond acceptors (Lipinski definition) is 6. The number of carbonyl (C=O) groups excluding carboxylic acids is 1. The normalized spacial score (nSPS) is 16.3. The average Bonchev–Trinajstić information content (AvgIpc) is 2.52. The molecule has 0 radical (unpaired) electrons. The van der Waals surface area contributed by atoms with Crippen LogP contribution in [0.5, 0.6) is 5.88 Å². The van der Waals surface area contributed by atoms with Crippen molar-refractivity contribution in [3.63, 3.8) is 0 Å². The van der Waals surface area contributed by atoms with Crippen molar-refractivity contribution < 1.29 is 18.7 Å². The van der Waals surface area contributed by atoms with Crippen LogP contribution in [0.1, 0.15) is 0 Å². The minimum absolute atomic E-state index is 0.0966. The Kier molecular flexibility index (Phi) is 4.39. The highest BCUT2D eigenvalue weighted by molar-refractivity contribution is 9.10. The number of rotatable bonds is 4. The first-order valence-corrected chi connectivity index (χ1v) is 7.41. The predicted octanol–water partition coefficient (Wildman–Crippen LogP) is 2.47. The van der Waals surface area contributed by atoms with Crippen LogP contribution in [-0.4, -0.2) is 35.7 Å². The number of aromatic nitrogens is 2. The summed E-state index contributed by atoms with van der Waals surface area (Å²) in [5.41, 5.74) is 0.467. The average molecular weight is 383 g/mol. The predicted molar refractivity (Wildman–Crippen MR) is 84.3 cm³/mol. The van der Waals surface area contributed by atoms with Crippen molar-refractivity contribution in [2.45, 2.75) is 6.10 Å². The minimum Gasteiger partial charge on any atom is -0.460 e. The van der Waals surface area contributed by atoms with Crippen molar-refractivity contribution in [2.24, 2.45) is 0 Å². The smallest absolute Gasteiger partial charge is 0.268 e. The number of anilines is 3. The highest BCUT2D eigenvalue weighted by atomic mass is 79.9. The third-order valence-electron chi connectivity index (χ3n) is 3.11. The van der Waals surface area contributed by atoms with Gasteiger partial charge in [0.15, 0.2) is 5.82 Å². The molecule has 0 saturated heterocycles. The van der Waals surface area contributed by atoms with Crippen LogP contribution in [0.25, 0.3) is 0 Å². The Labute approximate surface area is 139 Å². The van der Waals surface area contributed by atoms with Gasteiger partial charge in [0.25, 0.3) is 5.91 Å². The zero-order valence-electron chi connectivity index (χ0n) is 12.0. The Balaban J connectivity index is 1.91. The van der Waals surface area contributed by atoms with E-state index in [4.69, 9.17) is 9.47 Å².